The molecule has 0 spiro atoms. The lowest BCUT2D eigenvalue weighted by Crippen LogP contribution is -2.28. The third-order valence-corrected chi connectivity index (χ3v) is 2.81. The van der Waals surface area contributed by atoms with Gasteiger partial charge in [0.25, 0.3) is 5.91 Å². The van der Waals surface area contributed by atoms with Crippen LogP contribution in [0, 0.1) is 0 Å². The minimum Gasteiger partial charge on any atom is -0.483 e. The molecular formula is C14H12ClNO5. The summed E-state index contributed by atoms with van der Waals surface area (Å²) in [5, 5.41) is 11.9. The maximum absolute atomic E-state index is 11.6. The minimum absolute atomic E-state index is 0.0446. The molecule has 110 valence electrons. The number of rotatable bonds is 6. The van der Waals surface area contributed by atoms with Gasteiger partial charge in [0.15, 0.2) is 6.61 Å². The number of halogens is 1. The van der Waals surface area contributed by atoms with Crippen LogP contribution in [-0.4, -0.2) is 23.6 Å². The summed E-state index contributed by atoms with van der Waals surface area (Å²) in [6.45, 7) is -0.0855. The van der Waals surface area contributed by atoms with Crippen molar-refractivity contribution in [2.24, 2.45) is 0 Å². The van der Waals surface area contributed by atoms with Gasteiger partial charge in [0, 0.05) is 5.02 Å². The first kappa shape index (κ1) is 14.9. The highest BCUT2D eigenvalue weighted by Crippen LogP contribution is 2.23. The van der Waals surface area contributed by atoms with E-state index in [2.05, 4.69) is 5.32 Å². The van der Waals surface area contributed by atoms with Gasteiger partial charge < -0.3 is 19.6 Å². The molecular weight excluding hydrogens is 298 g/mol. The average molecular weight is 310 g/mol. The number of carboxylic acids is 1. The van der Waals surface area contributed by atoms with E-state index < -0.39 is 11.9 Å². The number of hydrogen-bond acceptors (Lipinski definition) is 4. The molecule has 0 saturated heterocycles. The van der Waals surface area contributed by atoms with Crippen molar-refractivity contribution >= 4 is 23.5 Å². The fourth-order valence-electron chi connectivity index (χ4n) is 1.59. The van der Waals surface area contributed by atoms with Crippen molar-refractivity contribution in [2.75, 3.05) is 6.61 Å². The van der Waals surface area contributed by atoms with Gasteiger partial charge in [-0.25, -0.2) is 4.79 Å². The highest BCUT2D eigenvalue weighted by molar-refractivity contribution is 6.30. The molecule has 0 saturated carbocycles. The second-order valence-corrected chi connectivity index (χ2v) is 4.53. The average Bonchev–Trinajstić information content (AvgIpc) is 2.96. The van der Waals surface area contributed by atoms with E-state index in [1.54, 1.807) is 12.1 Å². The van der Waals surface area contributed by atoms with Crippen molar-refractivity contribution in [1.82, 2.24) is 5.32 Å². The van der Waals surface area contributed by atoms with Gasteiger partial charge in [0.1, 0.15) is 17.1 Å². The Labute approximate surface area is 125 Å². The van der Waals surface area contributed by atoms with E-state index in [0.29, 0.717) is 10.8 Å². The summed E-state index contributed by atoms with van der Waals surface area (Å²) in [6.07, 6.45) is 1.50. The molecule has 0 aliphatic carbocycles. The van der Waals surface area contributed by atoms with Crippen LogP contribution in [0.15, 0.2) is 41.0 Å². The van der Waals surface area contributed by atoms with Crippen LogP contribution in [0.2, 0.25) is 5.02 Å². The molecule has 1 heterocycles. The molecule has 2 N–H and O–H groups in total. The van der Waals surface area contributed by atoms with Gasteiger partial charge in [0.2, 0.25) is 0 Å². The van der Waals surface area contributed by atoms with Crippen LogP contribution in [0.1, 0.15) is 16.1 Å². The van der Waals surface area contributed by atoms with Crippen LogP contribution in [0.5, 0.6) is 5.75 Å². The first-order valence-corrected chi connectivity index (χ1v) is 6.39. The SMILES string of the molecule is O=C(COc1cc(Cl)ccc1C(=O)O)NCc1ccco1. The number of carbonyl (C=O) groups excluding carboxylic acids is 1. The Morgan fingerprint density at radius 2 is 2.14 bits per heavy atom. The second-order valence-electron chi connectivity index (χ2n) is 4.09. The second kappa shape index (κ2) is 6.81. The Balaban J connectivity index is 1.91. The largest absolute Gasteiger partial charge is 0.483 e. The molecule has 1 amide bonds. The van der Waals surface area contributed by atoms with Crippen LogP contribution in [0.4, 0.5) is 0 Å². The summed E-state index contributed by atoms with van der Waals surface area (Å²) in [5.74, 6) is -0.902. The molecule has 1 aromatic carbocycles. The summed E-state index contributed by atoms with van der Waals surface area (Å²) in [7, 11) is 0. The Kier molecular flexibility index (Phi) is 4.84. The van der Waals surface area contributed by atoms with Gasteiger partial charge in [-0.2, -0.15) is 0 Å². The predicted molar refractivity (Wildman–Crippen MR) is 74.5 cm³/mol. The molecule has 2 aromatic rings. The summed E-state index contributed by atoms with van der Waals surface area (Å²) >= 11 is 5.78. The number of nitrogens with one attached hydrogen (secondary N) is 1. The number of ether oxygens (including phenoxy) is 1. The summed E-state index contributed by atoms with van der Waals surface area (Å²) in [6, 6.07) is 7.55. The lowest BCUT2D eigenvalue weighted by molar-refractivity contribution is -0.123. The van der Waals surface area contributed by atoms with E-state index in [4.69, 9.17) is 25.9 Å². The Morgan fingerprint density at radius 1 is 1.33 bits per heavy atom. The van der Waals surface area contributed by atoms with Gasteiger partial charge in [-0.05, 0) is 30.3 Å². The lowest BCUT2D eigenvalue weighted by Gasteiger charge is -2.09. The third-order valence-electron chi connectivity index (χ3n) is 2.57. The first-order chi connectivity index (χ1) is 10.1. The van der Waals surface area contributed by atoms with Crippen LogP contribution in [0.3, 0.4) is 0 Å². The summed E-state index contributed by atoms with van der Waals surface area (Å²) in [4.78, 5) is 22.6. The van der Waals surface area contributed by atoms with E-state index in [-0.39, 0.29) is 24.5 Å². The van der Waals surface area contributed by atoms with Crippen LogP contribution in [0.25, 0.3) is 0 Å². The molecule has 0 unspecified atom stereocenters. The molecule has 7 heteroatoms. The lowest BCUT2D eigenvalue weighted by atomic mass is 10.2. The zero-order valence-electron chi connectivity index (χ0n) is 10.8. The zero-order chi connectivity index (χ0) is 15.2. The Morgan fingerprint density at radius 3 is 2.81 bits per heavy atom. The van der Waals surface area contributed by atoms with Crippen molar-refractivity contribution in [3.05, 3.63) is 52.9 Å². The van der Waals surface area contributed by atoms with Crippen molar-refractivity contribution in [1.29, 1.82) is 0 Å². The van der Waals surface area contributed by atoms with E-state index in [9.17, 15) is 9.59 Å². The smallest absolute Gasteiger partial charge is 0.339 e. The Hall–Kier alpha value is -2.47. The number of benzene rings is 1. The van der Waals surface area contributed by atoms with Crippen molar-refractivity contribution in [2.45, 2.75) is 6.54 Å². The highest BCUT2D eigenvalue weighted by atomic mass is 35.5. The van der Waals surface area contributed by atoms with Gasteiger partial charge in [-0.1, -0.05) is 11.6 Å². The number of carbonyl (C=O) groups is 2. The fourth-order valence-corrected chi connectivity index (χ4v) is 1.75. The maximum Gasteiger partial charge on any atom is 0.339 e. The maximum atomic E-state index is 11.6. The summed E-state index contributed by atoms with van der Waals surface area (Å²) in [5.41, 5.74) is -0.0572. The number of furan rings is 1. The highest BCUT2D eigenvalue weighted by Gasteiger charge is 2.13. The zero-order valence-corrected chi connectivity index (χ0v) is 11.6. The van der Waals surface area contributed by atoms with Crippen LogP contribution in [-0.2, 0) is 11.3 Å². The molecule has 0 aliphatic rings. The van der Waals surface area contributed by atoms with Crippen molar-refractivity contribution in [3.63, 3.8) is 0 Å². The Bertz CT molecular complexity index is 639. The number of amides is 1. The normalized spacial score (nSPS) is 10.1. The van der Waals surface area contributed by atoms with Crippen LogP contribution >= 0.6 is 11.6 Å². The van der Waals surface area contributed by atoms with E-state index in [1.165, 1.54) is 24.5 Å². The monoisotopic (exact) mass is 309 g/mol. The van der Waals surface area contributed by atoms with Crippen molar-refractivity contribution < 1.29 is 23.8 Å². The fraction of sp³-hybridized carbons (Fsp3) is 0.143. The van der Waals surface area contributed by atoms with E-state index in [1.807, 2.05) is 0 Å². The third kappa shape index (κ3) is 4.25. The number of hydrogen-bond donors (Lipinski definition) is 2. The van der Waals surface area contributed by atoms with Crippen LogP contribution < -0.4 is 10.1 Å². The molecule has 6 nitrogen and oxygen atoms in total. The molecule has 0 bridgehead atoms. The van der Waals surface area contributed by atoms with Crippen molar-refractivity contribution in [3.8, 4) is 5.75 Å². The first-order valence-electron chi connectivity index (χ1n) is 6.01. The minimum atomic E-state index is -1.15. The van der Waals surface area contributed by atoms with Gasteiger partial charge in [0.05, 0.1) is 12.8 Å². The molecule has 0 fully saturated rings. The molecule has 2 rings (SSSR count). The number of aromatic carboxylic acids is 1. The summed E-state index contributed by atoms with van der Waals surface area (Å²) < 4.78 is 10.3. The van der Waals surface area contributed by atoms with E-state index >= 15 is 0 Å². The van der Waals surface area contributed by atoms with Gasteiger partial charge in [-0.3, -0.25) is 4.79 Å². The van der Waals surface area contributed by atoms with E-state index in [0.717, 1.165) is 0 Å². The molecule has 21 heavy (non-hydrogen) atoms. The topological polar surface area (TPSA) is 88.8 Å². The molecule has 0 radical (unpaired) electrons. The molecule has 1 aromatic heterocycles. The molecule has 0 aliphatic heterocycles. The standard InChI is InChI=1S/C14H12ClNO5/c15-9-3-4-11(14(18)19)12(6-9)21-8-13(17)16-7-10-2-1-5-20-10/h1-6H,7-8H2,(H,16,17)(H,18,19). The quantitative estimate of drug-likeness (QED) is 0.855. The molecule has 0 atom stereocenters. The van der Waals surface area contributed by atoms with Gasteiger partial charge in [-0.15, -0.1) is 0 Å². The predicted octanol–water partition coefficient (Wildman–Crippen LogP) is 2.33. The number of carboxylic acid groups (broad SMARTS) is 1. The van der Waals surface area contributed by atoms with Gasteiger partial charge >= 0.3 is 5.97 Å².